The van der Waals surface area contributed by atoms with Gasteiger partial charge < -0.3 is 25.0 Å². The largest absolute Gasteiger partial charge is 0.465 e. The monoisotopic (exact) mass is 350 g/mol. The van der Waals surface area contributed by atoms with E-state index < -0.39 is 12.2 Å². The molecule has 3 N–H and O–H groups in total. The highest BCUT2D eigenvalue weighted by molar-refractivity contribution is 5.93. The van der Waals surface area contributed by atoms with E-state index >= 15 is 0 Å². The van der Waals surface area contributed by atoms with E-state index in [4.69, 9.17) is 9.84 Å². The highest BCUT2D eigenvalue weighted by Gasteiger charge is 2.31. The highest BCUT2D eigenvalue weighted by atomic mass is 16.5. The third kappa shape index (κ3) is 3.46. The molecule has 8 nitrogen and oxygen atoms in total. The minimum atomic E-state index is -1.00. The Kier molecular flexibility index (Phi) is 4.94. The first-order chi connectivity index (χ1) is 11.9. The van der Waals surface area contributed by atoms with Crippen LogP contribution < -0.4 is 0 Å². The molecule has 25 heavy (non-hydrogen) atoms. The fourth-order valence-corrected chi connectivity index (χ4v) is 3.46. The summed E-state index contributed by atoms with van der Waals surface area (Å²) in [6.07, 6.45) is -1.80. The zero-order chi connectivity index (χ0) is 18.1. The van der Waals surface area contributed by atoms with Gasteiger partial charge in [-0.1, -0.05) is 0 Å². The number of piperazine rings is 1. The quantitative estimate of drug-likeness (QED) is 0.672. The van der Waals surface area contributed by atoms with E-state index in [2.05, 4.69) is 0 Å². The maximum absolute atomic E-state index is 11.6. The molecule has 2 heterocycles. The van der Waals surface area contributed by atoms with Gasteiger partial charge in [0.1, 0.15) is 6.61 Å². The van der Waals surface area contributed by atoms with Crippen molar-refractivity contribution in [3.8, 4) is 0 Å². The van der Waals surface area contributed by atoms with Gasteiger partial charge in [0.2, 0.25) is 0 Å². The molecule has 1 aromatic carbocycles. The summed E-state index contributed by atoms with van der Waals surface area (Å²) in [6, 6.07) is 3.18. The number of carbonyl (C=O) groups is 2. The predicted octanol–water partition coefficient (Wildman–Crippen LogP) is 0.355. The van der Waals surface area contributed by atoms with Gasteiger partial charge in [0.05, 0.1) is 24.3 Å². The second-order valence-corrected chi connectivity index (χ2v) is 6.52. The van der Waals surface area contributed by atoms with Crippen molar-refractivity contribution in [2.45, 2.75) is 25.7 Å². The van der Waals surface area contributed by atoms with Gasteiger partial charge in [-0.25, -0.2) is 9.59 Å². The van der Waals surface area contributed by atoms with E-state index in [-0.39, 0.29) is 38.3 Å². The van der Waals surface area contributed by atoms with Gasteiger partial charge in [-0.05, 0) is 30.2 Å². The maximum atomic E-state index is 11.6. The van der Waals surface area contributed by atoms with Gasteiger partial charge in [0, 0.05) is 31.7 Å². The van der Waals surface area contributed by atoms with Crippen LogP contribution in [-0.4, -0.2) is 76.0 Å². The van der Waals surface area contributed by atoms with Crippen LogP contribution in [0.25, 0.3) is 0 Å². The molecule has 0 radical (unpaired) electrons. The summed E-state index contributed by atoms with van der Waals surface area (Å²) < 4.78 is 5.01. The molecular weight excluding hydrogens is 328 g/mol. The van der Waals surface area contributed by atoms with Gasteiger partial charge in [0.15, 0.2) is 0 Å². The standard InChI is InChI=1S/C17H22N2O6/c1-10-4-14-11(9-25-16(14)22)5-13(10)15(21)7-18-2-3-19(17(23)24)6-12(18)8-20/h4-5,12,15,20-21H,2-3,6-9H2,1H3,(H,23,24)/t12-,15?/m0/s1. The van der Waals surface area contributed by atoms with Crippen molar-refractivity contribution in [3.63, 3.8) is 0 Å². The molecule has 0 saturated carbocycles. The number of hydrogen-bond donors (Lipinski definition) is 3. The number of hydrogen-bond acceptors (Lipinski definition) is 6. The number of aryl methyl sites for hydroxylation is 1. The summed E-state index contributed by atoms with van der Waals surface area (Å²) in [5, 5.41) is 29.3. The van der Waals surface area contributed by atoms with E-state index in [0.29, 0.717) is 18.7 Å². The second kappa shape index (κ2) is 6.99. The lowest BCUT2D eigenvalue weighted by Crippen LogP contribution is -2.56. The second-order valence-electron chi connectivity index (χ2n) is 6.52. The van der Waals surface area contributed by atoms with Crippen molar-refractivity contribution in [3.05, 3.63) is 34.4 Å². The molecule has 0 bridgehead atoms. The van der Waals surface area contributed by atoms with Crippen LogP contribution in [0.1, 0.15) is 33.2 Å². The zero-order valence-corrected chi connectivity index (χ0v) is 14.0. The Hall–Kier alpha value is -2.16. The van der Waals surface area contributed by atoms with Crippen molar-refractivity contribution < 1.29 is 29.6 Å². The summed E-state index contributed by atoms with van der Waals surface area (Å²) in [5.41, 5.74) is 2.82. The third-order valence-electron chi connectivity index (χ3n) is 4.92. The molecule has 0 aliphatic carbocycles. The molecule has 1 unspecified atom stereocenters. The lowest BCUT2D eigenvalue weighted by molar-refractivity contribution is 0.0129. The summed E-state index contributed by atoms with van der Waals surface area (Å²) in [5.74, 6) is -0.343. The van der Waals surface area contributed by atoms with E-state index in [0.717, 1.165) is 16.7 Å². The first-order valence-electron chi connectivity index (χ1n) is 8.22. The summed E-state index contributed by atoms with van der Waals surface area (Å²) in [4.78, 5) is 25.9. The normalized spacial score (nSPS) is 21.8. The van der Waals surface area contributed by atoms with E-state index in [9.17, 15) is 19.8 Å². The summed E-state index contributed by atoms with van der Waals surface area (Å²) in [7, 11) is 0. The van der Waals surface area contributed by atoms with Gasteiger partial charge in [-0.15, -0.1) is 0 Å². The lowest BCUT2D eigenvalue weighted by Gasteiger charge is -2.40. The van der Waals surface area contributed by atoms with Crippen LogP contribution in [0.4, 0.5) is 4.79 Å². The van der Waals surface area contributed by atoms with Crippen molar-refractivity contribution in [2.24, 2.45) is 0 Å². The average molecular weight is 350 g/mol. The molecule has 0 aromatic heterocycles. The number of cyclic esters (lactones) is 1. The fourth-order valence-electron chi connectivity index (χ4n) is 3.46. The number of esters is 1. The van der Waals surface area contributed by atoms with Crippen LogP contribution in [-0.2, 0) is 11.3 Å². The van der Waals surface area contributed by atoms with Crippen molar-refractivity contribution in [2.75, 3.05) is 32.8 Å². The predicted molar refractivity (Wildman–Crippen MR) is 87.3 cm³/mol. The number of aliphatic hydroxyl groups excluding tert-OH is 2. The van der Waals surface area contributed by atoms with Gasteiger partial charge in [-0.2, -0.15) is 0 Å². The Morgan fingerprint density at radius 3 is 2.84 bits per heavy atom. The minimum Gasteiger partial charge on any atom is -0.465 e. The number of ether oxygens (including phenoxy) is 1. The number of benzene rings is 1. The van der Waals surface area contributed by atoms with Crippen LogP contribution in [0.2, 0.25) is 0 Å². The van der Waals surface area contributed by atoms with Gasteiger partial charge in [-0.3, -0.25) is 4.90 Å². The number of aliphatic hydroxyl groups is 2. The molecule has 2 atom stereocenters. The molecule has 2 aliphatic rings. The molecule has 2 aliphatic heterocycles. The van der Waals surface area contributed by atoms with E-state index in [1.54, 1.807) is 12.1 Å². The maximum Gasteiger partial charge on any atom is 0.407 e. The number of carboxylic acid groups (broad SMARTS) is 1. The van der Waals surface area contributed by atoms with Crippen LogP contribution in [0.15, 0.2) is 12.1 Å². The third-order valence-corrected chi connectivity index (χ3v) is 4.92. The van der Waals surface area contributed by atoms with Crippen LogP contribution in [0.3, 0.4) is 0 Å². The molecule has 136 valence electrons. The smallest absolute Gasteiger partial charge is 0.407 e. The van der Waals surface area contributed by atoms with Gasteiger partial charge in [0.25, 0.3) is 0 Å². The highest BCUT2D eigenvalue weighted by Crippen LogP contribution is 2.28. The van der Waals surface area contributed by atoms with E-state index in [1.165, 1.54) is 4.90 Å². The summed E-state index contributed by atoms with van der Waals surface area (Å²) in [6.45, 7) is 3.14. The number of fused-ring (bicyclic) bond motifs is 1. The molecule has 3 rings (SSSR count). The van der Waals surface area contributed by atoms with Crippen molar-refractivity contribution in [1.82, 2.24) is 9.80 Å². The summed E-state index contributed by atoms with van der Waals surface area (Å²) >= 11 is 0. The average Bonchev–Trinajstić information content (AvgIpc) is 2.94. The number of rotatable bonds is 4. The molecule has 1 fully saturated rings. The Balaban J connectivity index is 1.73. The van der Waals surface area contributed by atoms with E-state index in [1.807, 2.05) is 11.8 Å². The molecule has 1 aromatic rings. The number of β-amino-alcohol motifs (C(OH)–C–C–N with tert-alkyl or cyclic N) is 1. The Bertz CT molecular complexity index is 692. The molecular formula is C17H22N2O6. The van der Waals surface area contributed by atoms with Gasteiger partial charge >= 0.3 is 12.1 Å². The van der Waals surface area contributed by atoms with Crippen LogP contribution in [0, 0.1) is 6.92 Å². The minimum absolute atomic E-state index is 0.179. The number of nitrogens with zero attached hydrogens (tertiary/aromatic N) is 2. The fraction of sp³-hybridized carbons (Fsp3) is 0.529. The molecule has 0 spiro atoms. The Morgan fingerprint density at radius 2 is 2.16 bits per heavy atom. The van der Waals surface area contributed by atoms with Crippen molar-refractivity contribution >= 4 is 12.1 Å². The Morgan fingerprint density at radius 1 is 1.40 bits per heavy atom. The van der Waals surface area contributed by atoms with Crippen LogP contribution in [0.5, 0.6) is 0 Å². The first kappa shape index (κ1) is 17.7. The van der Waals surface area contributed by atoms with Crippen LogP contribution >= 0.6 is 0 Å². The number of amides is 1. The zero-order valence-electron chi connectivity index (χ0n) is 14.0. The SMILES string of the molecule is Cc1cc2c(cc1C(O)CN1CCN(C(=O)O)C[C@H]1CO)COC2=O. The number of carbonyl (C=O) groups excluding carboxylic acids is 1. The molecule has 1 amide bonds. The van der Waals surface area contributed by atoms with Crippen molar-refractivity contribution in [1.29, 1.82) is 0 Å². The Labute approximate surface area is 145 Å². The lowest BCUT2D eigenvalue weighted by atomic mass is 9.96. The first-order valence-corrected chi connectivity index (χ1v) is 8.22. The molecule has 1 saturated heterocycles. The topological polar surface area (TPSA) is 111 Å². The molecule has 8 heteroatoms.